The van der Waals surface area contributed by atoms with Crippen LogP contribution in [-0.4, -0.2) is 6.54 Å². The van der Waals surface area contributed by atoms with Crippen LogP contribution in [0.1, 0.15) is 31.9 Å². The Bertz CT molecular complexity index is 603. The number of hydrogen-bond donors (Lipinski definition) is 1. The molecule has 0 saturated carbocycles. The number of para-hydroxylation sites is 1. The second kappa shape index (κ2) is 8.15. The molecule has 1 atom stereocenters. The fraction of sp³-hybridized carbons (Fsp3) is 0.294. The molecule has 0 amide bonds. The van der Waals surface area contributed by atoms with E-state index in [2.05, 4.69) is 63.8 Å². The fourth-order valence-corrected chi connectivity index (χ4v) is 2.94. The smallest absolute Gasteiger partial charge is 0.140 e. The molecular formula is C17H19BrINO. The van der Waals surface area contributed by atoms with Gasteiger partial charge in [-0.15, -0.1) is 0 Å². The fourth-order valence-electron chi connectivity index (χ4n) is 2.07. The van der Waals surface area contributed by atoms with Gasteiger partial charge in [-0.2, -0.15) is 0 Å². The minimum absolute atomic E-state index is 0.249. The van der Waals surface area contributed by atoms with Crippen LogP contribution < -0.4 is 10.1 Å². The molecule has 4 heteroatoms. The van der Waals surface area contributed by atoms with Crippen molar-refractivity contribution in [1.82, 2.24) is 5.32 Å². The number of rotatable bonds is 6. The predicted molar refractivity (Wildman–Crippen MR) is 100 cm³/mol. The van der Waals surface area contributed by atoms with Gasteiger partial charge in [0.1, 0.15) is 11.5 Å². The summed E-state index contributed by atoms with van der Waals surface area (Å²) in [6.45, 7) is 5.33. The normalized spacial score (nSPS) is 12.2. The zero-order valence-corrected chi connectivity index (χ0v) is 15.9. The van der Waals surface area contributed by atoms with E-state index in [1.165, 1.54) is 0 Å². The van der Waals surface area contributed by atoms with E-state index < -0.39 is 0 Å². The highest BCUT2D eigenvalue weighted by Gasteiger charge is 2.13. The van der Waals surface area contributed by atoms with Gasteiger partial charge in [-0.05, 0) is 72.8 Å². The number of hydrogen-bond acceptors (Lipinski definition) is 2. The lowest BCUT2D eigenvalue weighted by Crippen LogP contribution is -2.19. The van der Waals surface area contributed by atoms with Gasteiger partial charge in [-0.3, -0.25) is 0 Å². The molecule has 2 rings (SSSR count). The Balaban J connectivity index is 2.28. The molecule has 0 aliphatic rings. The topological polar surface area (TPSA) is 21.3 Å². The van der Waals surface area contributed by atoms with Gasteiger partial charge in [0.15, 0.2) is 0 Å². The number of benzene rings is 2. The van der Waals surface area contributed by atoms with E-state index in [4.69, 9.17) is 4.74 Å². The molecule has 0 aromatic heterocycles. The first-order valence-electron chi connectivity index (χ1n) is 7.07. The molecule has 2 aromatic rings. The summed E-state index contributed by atoms with van der Waals surface area (Å²) in [6.07, 6.45) is 1.12. The molecule has 0 heterocycles. The van der Waals surface area contributed by atoms with E-state index in [-0.39, 0.29) is 6.04 Å². The standard InChI is InChI=1S/C17H19BrINO/c1-3-10-20-12(2)14-11-13(18)8-9-16(14)21-17-7-5-4-6-15(17)19/h4-9,11-12,20H,3,10H2,1-2H3. The van der Waals surface area contributed by atoms with Crippen molar-refractivity contribution in [2.45, 2.75) is 26.3 Å². The van der Waals surface area contributed by atoms with Crippen molar-refractivity contribution < 1.29 is 4.74 Å². The van der Waals surface area contributed by atoms with Crippen molar-refractivity contribution in [2.24, 2.45) is 0 Å². The molecule has 0 spiro atoms. The third-order valence-electron chi connectivity index (χ3n) is 3.20. The van der Waals surface area contributed by atoms with Crippen molar-refractivity contribution >= 4 is 38.5 Å². The Labute approximate surface area is 148 Å². The second-order valence-corrected chi connectivity index (χ2v) is 6.97. The monoisotopic (exact) mass is 459 g/mol. The van der Waals surface area contributed by atoms with E-state index in [0.29, 0.717) is 0 Å². The lowest BCUT2D eigenvalue weighted by atomic mass is 10.1. The highest BCUT2D eigenvalue weighted by molar-refractivity contribution is 14.1. The van der Waals surface area contributed by atoms with E-state index >= 15 is 0 Å². The molecule has 2 nitrogen and oxygen atoms in total. The first-order valence-corrected chi connectivity index (χ1v) is 8.94. The average molecular weight is 460 g/mol. The summed E-state index contributed by atoms with van der Waals surface area (Å²) < 4.78 is 8.30. The van der Waals surface area contributed by atoms with Gasteiger partial charge in [0.05, 0.1) is 3.57 Å². The van der Waals surface area contributed by atoms with E-state index in [9.17, 15) is 0 Å². The second-order valence-electron chi connectivity index (χ2n) is 4.89. The number of nitrogens with one attached hydrogen (secondary N) is 1. The van der Waals surface area contributed by atoms with Crippen molar-refractivity contribution in [3.63, 3.8) is 0 Å². The largest absolute Gasteiger partial charge is 0.456 e. The summed E-state index contributed by atoms with van der Waals surface area (Å²) in [6, 6.07) is 14.5. The summed E-state index contributed by atoms with van der Waals surface area (Å²) >= 11 is 5.84. The first kappa shape index (κ1) is 16.8. The highest BCUT2D eigenvalue weighted by Crippen LogP contribution is 2.33. The summed E-state index contributed by atoms with van der Waals surface area (Å²) in [5, 5.41) is 3.51. The highest BCUT2D eigenvalue weighted by atomic mass is 127. The third kappa shape index (κ3) is 4.69. The predicted octanol–water partition coefficient (Wildman–Crippen LogP) is 5.91. The van der Waals surface area contributed by atoms with Crippen LogP contribution in [0.25, 0.3) is 0 Å². The van der Waals surface area contributed by atoms with Gasteiger partial charge >= 0.3 is 0 Å². The van der Waals surface area contributed by atoms with Crippen LogP contribution in [0.3, 0.4) is 0 Å². The molecule has 0 aliphatic carbocycles. The lowest BCUT2D eigenvalue weighted by molar-refractivity contribution is 0.458. The van der Waals surface area contributed by atoms with Crippen LogP contribution in [0.15, 0.2) is 46.9 Å². The quantitative estimate of drug-likeness (QED) is 0.542. The van der Waals surface area contributed by atoms with Crippen molar-refractivity contribution in [2.75, 3.05) is 6.54 Å². The average Bonchev–Trinajstić information content (AvgIpc) is 2.48. The van der Waals surface area contributed by atoms with Crippen LogP contribution >= 0.6 is 38.5 Å². The van der Waals surface area contributed by atoms with Gasteiger partial charge in [-0.1, -0.05) is 35.0 Å². The van der Waals surface area contributed by atoms with Crippen LogP contribution in [-0.2, 0) is 0 Å². The Morgan fingerprint density at radius 1 is 1.19 bits per heavy atom. The Hall–Kier alpha value is -0.590. The van der Waals surface area contributed by atoms with E-state index in [1.54, 1.807) is 0 Å². The lowest BCUT2D eigenvalue weighted by Gasteiger charge is -2.19. The molecule has 0 bridgehead atoms. The van der Waals surface area contributed by atoms with Crippen LogP contribution in [0.5, 0.6) is 11.5 Å². The first-order chi connectivity index (χ1) is 10.1. The molecule has 0 aliphatic heterocycles. The summed E-state index contributed by atoms with van der Waals surface area (Å²) in [7, 11) is 0. The summed E-state index contributed by atoms with van der Waals surface area (Å²) in [5.41, 5.74) is 1.16. The minimum Gasteiger partial charge on any atom is -0.456 e. The maximum absolute atomic E-state index is 6.13. The Morgan fingerprint density at radius 3 is 2.67 bits per heavy atom. The zero-order chi connectivity index (χ0) is 15.2. The zero-order valence-electron chi connectivity index (χ0n) is 12.2. The van der Waals surface area contributed by atoms with E-state index in [0.717, 1.165) is 38.1 Å². The molecule has 0 radical (unpaired) electrons. The SMILES string of the molecule is CCCNC(C)c1cc(Br)ccc1Oc1ccccc1I. The van der Waals surface area contributed by atoms with Crippen molar-refractivity contribution in [3.8, 4) is 11.5 Å². The van der Waals surface area contributed by atoms with Crippen LogP contribution in [0.2, 0.25) is 0 Å². The molecule has 21 heavy (non-hydrogen) atoms. The number of halogens is 2. The summed E-state index contributed by atoms with van der Waals surface area (Å²) in [4.78, 5) is 0. The molecule has 0 saturated heterocycles. The maximum Gasteiger partial charge on any atom is 0.140 e. The van der Waals surface area contributed by atoms with Gasteiger partial charge in [0.25, 0.3) is 0 Å². The molecule has 1 unspecified atom stereocenters. The molecule has 2 aromatic carbocycles. The Kier molecular flexibility index (Phi) is 6.51. The van der Waals surface area contributed by atoms with E-state index in [1.807, 2.05) is 36.4 Å². The number of ether oxygens (including phenoxy) is 1. The Morgan fingerprint density at radius 2 is 1.95 bits per heavy atom. The van der Waals surface area contributed by atoms with Crippen molar-refractivity contribution in [3.05, 3.63) is 56.1 Å². The van der Waals surface area contributed by atoms with Crippen molar-refractivity contribution in [1.29, 1.82) is 0 Å². The van der Waals surface area contributed by atoms with Crippen LogP contribution in [0.4, 0.5) is 0 Å². The molecule has 0 fully saturated rings. The van der Waals surface area contributed by atoms with Gasteiger partial charge in [0, 0.05) is 16.1 Å². The van der Waals surface area contributed by atoms with Gasteiger partial charge in [-0.25, -0.2) is 0 Å². The minimum atomic E-state index is 0.249. The molecular weight excluding hydrogens is 441 g/mol. The molecule has 112 valence electrons. The van der Waals surface area contributed by atoms with Gasteiger partial charge in [0.2, 0.25) is 0 Å². The van der Waals surface area contributed by atoms with Crippen LogP contribution in [0, 0.1) is 3.57 Å². The van der Waals surface area contributed by atoms with Gasteiger partial charge < -0.3 is 10.1 Å². The third-order valence-corrected chi connectivity index (χ3v) is 4.58. The molecule has 1 N–H and O–H groups in total. The maximum atomic E-state index is 6.13. The summed E-state index contributed by atoms with van der Waals surface area (Å²) in [5.74, 6) is 1.79.